The summed E-state index contributed by atoms with van der Waals surface area (Å²) in [5.74, 6) is -0.482. The molecule has 0 aromatic rings. The number of ether oxygens (including phenoxy) is 1. The first-order valence-corrected chi connectivity index (χ1v) is 11.3. The van der Waals surface area contributed by atoms with Gasteiger partial charge in [0, 0.05) is 6.42 Å². The Balaban J connectivity index is 3.53. The van der Waals surface area contributed by atoms with Crippen LogP contribution in [0.4, 0.5) is 0 Å². The van der Waals surface area contributed by atoms with Gasteiger partial charge < -0.3 is 30.0 Å². The van der Waals surface area contributed by atoms with Crippen LogP contribution in [0.3, 0.4) is 0 Å². The van der Waals surface area contributed by atoms with Crippen molar-refractivity contribution in [3.05, 3.63) is 0 Å². The molecule has 0 aliphatic rings. The van der Waals surface area contributed by atoms with Crippen molar-refractivity contribution in [2.45, 2.75) is 121 Å². The Labute approximate surface area is 175 Å². The molecule has 4 atom stereocenters. The van der Waals surface area contributed by atoms with E-state index in [0.717, 1.165) is 12.8 Å². The normalized spacial score (nSPS) is 15.5. The summed E-state index contributed by atoms with van der Waals surface area (Å²) in [5, 5.41) is 37.8. The first kappa shape index (κ1) is 28.0. The van der Waals surface area contributed by atoms with E-state index in [1.807, 2.05) is 0 Å². The second kappa shape index (κ2) is 19.0. The number of hydrogen-bond donors (Lipinski definition) is 4. The number of aliphatic hydroxyl groups is 4. The Hall–Kier alpha value is -1.02. The maximum Gasteiger partial charge on any atom is 0.305 e. The van der Waals surface area contributed by atoms with E-state index in [1.165, 1.54) is 64.2 Å². The van der Waals surface area contributed by atoms with Crippen molar-refractivity contribution in [3.8, 4) is 0 Å². The lowest BCUT2D eigenvalue weighted by molar-refractivity contribution is -0.156. The lowest BCUT2D eigenvalue weighted by Gasteiger charge is -2.23. The Morgan fingerprint density at radius 2 is 1.21 bits per heavy atom. The van der Waals surface area contributed by atoms with Gasteiger partial charge in [0.1, 0.15) is 31.0 Å². The molecule has 7 heteroatoms. The Bertz CT molecular complexity index is 403. The minimum absolute atomic E-state index is 0.0568. The third-order valence-corrected chi connectivity index (χ3v) is 5.13. The summed E-state index contributed by atoms with van der Waals surface area (Å²) in [4.78, 5) is 22.0. The molecule has 7 nitrogen and oxygen atoms in total. The molecule has 0 radical (unpaired) electrons. The molecule has 0 aromatic carbocycles. The van der Waals surface area contributed by atoms with Gasteiger partial charge in [-0.3, -0.25) is 4.79 Å². The summed E-state index contributed by atoms with van der Waals surface area (Å²) in [6.07, 6.45) is 9.10. The van der Waals surface area contributed by atoms with Gasteiger partial charge in [0.2, 0.25) is 0 Å². The van der Waals surface area contributed by atoms with Gasteiger partial charge in [-0.2, -0.15) is 0 Å². The fourth-order valence-electron chi connectivity index (χ4n) is 3.15. The van der Waals surface area contributed by atoms with Crippen molar-refractivity contribution in [2.24, 2.45) is 0 Å². The maximum absolute atomic E-state index is 11.6. The van der Waals surface area contributed by atoms with Crippen LogP contribution in [0.2, 0.25) is 0 Å². The highest BCUT2D eigenvalue weighted by molar-refractivity contribution is 5.69. The van der Waals surface area contributed by atoms with E-state index >= 15 is 0 Å². The highest BCUT2D eigenvalue weighted by Gasteiger charge is 2.30. The second-order valence-corrected chi connectivity index (χ2v) is 7.85. The summed E-state index contributed by atoms with van der Waals surface area (Å²) in [7, 11) is 0. The molecule has 0 bridgehead atoms. The van der Waals surface area contributed by atoms with Crippen molar-refractivity contribution in [1.29, 1.82) is 0 Å². The molecule has 0 aliphatic heterocycles. The van der Waals surface area contributed by atoms with Crippen LogP contribution in [0.1, 0.15) is 96.8 Å². The van der Waals surface area contributed by atoms with Crippen LogP contribution in [-0.4, -0.2) is 63.7 Å². The van der Waals surface area contributed by atoms with Gasteiger partial charge in [-0.15, -0.1) is 0 Å². The number of rotatable bonds is 20. The zero-order valence-corrected chi connectivity index (χ0v) is 18.0. The lowest BCUT2D eigenvalue weighted by Crippen LogP contribution is -2.46. The smallest absolute Gasteiger partial charge is 0.305 e. The number of aldehydes is 1. The van der Waals surface area contributed by atoms with Crippen molar-refractivity contribution in [3.63, 3.8) is 0 Å². The van der Waals surface area contributed by atoms with Crippen LogP contribution >= 0.6 is 0 Å². The number of carbonyl (C=O) groups excluding carboxylic acids is 2. The molecular formula is C22H42O7. The van der Waals surface area contributed by atoms with Gasteiger partial charge in [-0.25, -0.2) is 0 Å². The molecule has 0 amide bonds. The summed E-state index contributed by atoms with van der Waals surface area (Å²) in [5.41, 5.74) is 0. The molecule has 172 valence electrons. The summed E-state index contributed by atoms with van der Waals surface area (Å²) >= 11 is 0. The number of hydrogen-bond acceptors (Lipinski definition) is 7. The van der Waals surface area contributed by atoms with Crippen LogP contribution in [0, 0.1) is 0 Å². The van der Waals surface area contributed by atoms with Gasteiger partial charge >= 0.3 is 5.97 Å². The third-order valence-electron chi connectivity index (χ3n) is 5.13. The maximum atomic E-state index is 11.6. The van der Waals surface area contributed by atoms with E-state index in [0.29, 0.717) is 6.42 Å². The monoisotopic (exact) mass is 418 g/mol. The lowest BCUT2D eigenvalue weighted by atomic mass is 10.0. The number of unbranched alkanes of at least 4 members (excludes halogenated alkanes) is 12. The Morgan fingerprint density at radius 3 is 1.66 bits per heavy atom. The molecule has 0 aliphatic carbocycles. The van der Waals surface area contributed by atoms with Gasteiger partial charge in [0.25, 0.3) is 0 Å². The molecule has 0 heterocycles. The van der Waals surface area contributed by atoms with Gasteiger partial charge in [-0.05, 0) is 6.42 Å². The number of aliphatic hydroxyl groups excluding tert-OH is 4. The SMILES string of the molecule is CCCCCCCCCCCCCCCC(=O)OC[C@@H](O)[C@@H](O)[C@H](O)[C@H](O)C=O. The van der Waals surface area contributed by atoms with Crippen LogP contribution < -0.4 is 0 Å². The molecular weight excluding hydrogens is 376 g/mol. The fourth-order valence-corrected chi connectivity index (χ4v) is 3.15. The van der Waals surface area contributed by atoms with Crippen molar-refractivity contribution >= 4 is 12.3 Å². The second-order valence-electron chi connectivity index (χ2n) is 7.85. The molecule has 0 saturated carbocycles. The van der Waals surface area contributed by atoms with E-state index in [9.17, 15) is 24.9 Å². The zero-order valence-electron chi connectivity index (χ0n) is 18.0. The highest BCUT2D eigenvalue weighted by Crippen LogP contribution is 2.13. The van der Waals surface area contributed by atoms with E-state index in [2.05, 4.69) is 6.92 Å². The van der Waals surface area contributed by atoms with E-state index in [4.69, 9.17) is 9.84 Å². The first-order valence-electron chi connectivity index (χ1n) is 11.3. The quantitative estimate of drug-likeness (QED) is 0.136. The molecule has 0 unspecified atom stereocenters. The van der Waals surface area contributed by atoms with Gasteiger partial charge in [0.15, 0.2) is 6.29 Å². The van der Waals surface area contributed by atoms with Gasteiger partial charge in [-0.1, -0.05) is 84.0 Å². The Morgan fingerprint density at radius 1 is 0.759 bits per heavy atom. The summed E-state index contributed by atoms with van der Waals surface area (Å²) in [6, 6.07) is 0. The minimum Gasteiger partial charge on any atom is -0.463 e. The molecule has 0 aromatic heterocycles. The average molecular weight is 419 g/mol. The van der Waals surface area contributed by atoms with Crippen LogP contribution in [0.25, 0.3) is 0 Å². The largest absolute Gasteiger partial charge is 0.463 e. The van der Waals surface area contributed by atoms with Crippen LogP contribution in [0.5, 0.6) is 0 Å². The summed E-state index contributed by atoms with van der Waals surface area (Å²) < 4.78 is 4.87. The van der Waals surface area contributed by atoms with E-state index in [1.54, 1.807) is 0 Å². The average Bonchev–Trinajstić information content (AvgIpc) is 2.73. The minimum atomic E-state index is -1.83. The molecule has 29 heavy (non-hydrogen) atoms. The van der Waals surface area contributed by atoms with E-state index in [-0.39, 0.29) is 12.7 Å². The topological polar surface area (TPSA) is 124 Å². The molecule has 0 fully saturated rings. The van der Waals surface area contributed by atoms with Crippen LogP contribution in [0.15, 0.2) is 0 Å². The predicted molar refractivity (Wildman–Crippen MR) is 111 cm³/mol. The zero-order chi connectivity index (χ0) is 21.9. The van der Waals surface area contributed by atoms with Crippen molar-refractivity contribution in [2.75, 3.05) is 6.61 Å². The molecule has 0 saturated heterocycles. The van der Waals surface area contributed by atoms with Gasteiger partial charge in [0.05, 0.1) is 0 Å². The predicted octanol–water partition coefficient (Wildman–Crippen LogP) is 2.65. The first-order chi connectivity index (χ1) is 13.9. The third kappa shape index (κ3) is 15.5. The van der Waals surface area contributed by atoms with E-state index < -0.39 is 37.0 Å². The fraction of sp³-hybridized carbons (Fsp3) is 0.909. The molecule has 0 rings (SSSR count). The molecule has 4 N–H and O–H groups in total. The van der Waals surface area contributed by atoms with Crippen molar-refractivity contribution < 1.29 is 34.8 Å². The number of carbonyl (C=O) groups is 2. The summed E-state index contributed by atoms with van der Waals surface area (Å²) in [6.45, 7) is 1.73. The standard InChI is InChI=1S/C22H42O7/c1-2-3-4-5-6-7-8-9-10-11-12-13-14-15-20(26)29-17-19(25)22(28)21(27)18(24)16-23/h16,18-19,21-22,24-25,27-28H,2-15,17H2,1H3/t18-,19-,21-,22-/m1/s1. The Kier molecular flexibility index (Phi) is 18.3. The molecule has 0 spiro atoms. The number of esters is 1. The highest BCUT2D eigenvalue weighted by atomic mass is 16.5. The van der Waals surface area contributed by atoms with Crippen molar-refractivity contribution in [1.82, 2.24) is 0 Å². The van der Waals surface area contributed by atoms with Crippen LogP contribution in [-0.2, 0) is 14.3 Å².